The Balaban J connectivity index is 1.34. The fourth-order valence-corrected chi connectivity index (χ4v) is 5.10. The Morgan fingerprint density at radius 3 is 2.62 bits per heavy atom. The number of imidazole rings is 1. The van der Waals surface area contributed by atoms with Crippen molar-refractivity contribution in [2.24, 2.45) is 0 Å². The van der Waals surface area contributed by atoms with E-state index in [1.165, 1.54) is 31.5 Å². The van der Waals surface area contributed by atoms with Gasteiger partial charge in [-0.05, 0) is 61.7 Å². The number of carbonyl (C=O) groups excluding carboxylic acids is 2. The third-order valence-corrected chi connectivity index (χ3v) is 7.09. The highest BCUT2D eigenvalue weighted by Crippen LogP contribution is 2.36. The number of benzene rings is 2. The number of hydrogen-bond acceptors (Lipinski definition) is 6. The minimum Gasteiger partial charge on any atom is -0.506 e. The van der Waals surface area contributed by atoms with E-state index in [1.807, 2.05) is 12.1 Å². The number of aromatic hydroxyl groups is 1. The van der Waals surface area contributed by atoms with Gasteiger partial charge in [0.25, 0.3) is 5.91 Å². The standard InChI is InChI=1S/C29H30N4O6/c1-17(28(37)32-23-13-18(14-26(35)36)7-10-25(23)34)30-29(38)19-8-9-24-22(15-19)31-27(20-11-12-39-16-20)33(24)21-5-3-2-4-6-21/h7-13,15-17,21,34H,2-6,14H2,1H3,(H,30,38)(H,32,37)(H,35,36). The van der Waals surface area contributed by atoms with Crippen molar-refractivity contribution < 1.29 is 29.0 Å². The number of aliphatic carboxylic acids is 1. The van der Waals surface area contributed by atoms with Crippen molar-refractivity contribution in [3.05, 3.63) is 66.1 Å². The van der Waals surface area contributed by atoms with Crippen LogP contribution in [0.1, 0.15) is 61.0 Å². The molecule has 0 saturated heterocycles. The summed E-state index contributed by atoms with van der Waals surface area (Å²) in [6.07, 6.45) is 8.73. The van der Waals surface area contributed by atoms with Gasteiger partial charge in [-0.1, -0.05) is 25.3 Å². The summed E-state index contributed by atoms with van der Waals surface area (Å²) in [7, 11) is 0. The molecular formula is C29H30N4O6. The van der Waals surface area contributed by atoms with Crippen molar-refractivity contribution in [3.63, 3.8) is 0 Å². The van der Waals surface area contributed by atoms with Crippen LogP contribution >= 0.6 is 0 Å². The number of rotatable bonds is 8. The quantitative estimate of drug-likeness (QED) is 0.237. The number of phenols is 1. The smallest absolute Gasteiger partial charge is 0.307 e. The fourth-order valence-electron chi connectivity index (χ4n) is 5.10. The fraction of sp³-hybridized carbons (Fsp3) is 0.310. The maximum absolute atomic E-state index is 13.1. The Bertz CT molecular complexity index is 1520. The van der Waals surface area contributed by atoms with Gasteiger partial charge in [0.15, 0.2) is 0 Å². The molecule has 1 unspecified atom stereocenters. The van der Waals surface area contributed by atoms with Crippen molar-refractivity contribution in [2.45, 2.75) is 57.5 Å². The summed E-state index contributed by atoms with van der Waals surface area (Å²) in [5, 5.41) is 24.3. The van der Waals surface area contributed by atoms with Gasteiger partial charge in [-0.3, -0.25) is 14.4 Å². The molecule has 0 bridgehead atoms. The first kappa shape index (κ1) is 26.0. The van der Waals surface area contributed by atoms with E-state index in [-0.39, 0.29) is 17.9 Å². The average Bonchev–Trinajstić information content (AvgIpc) is 3.58. The molecule has 1 atom stereocenters. The van der Waals surface area contributed by atoms with Crippen molar-refractivity contribution in [2.75, 3.05) is 5.32 Å². The van der Waals surface area contributed by atoms with Gasteiger partial charge in [0.05, 0.1) is 35.0 Å². The third kappa shape index (κ3) is 5.64. The molecule has 0 radical (unpaired) electrons. The molecule has 10 nitrogen and oxygen atoms in total. The first-order chi connectivity index (χ1) is 18.8. The van der Waals surface area contributed by atoms with Gasteiger partial charge in [0.2, 0.25) is 5.91 Å². The van der Waals surface area contributed by atoms with Crippen LogP contribution in [0.4, 0.5) is 5.69 Å². The number of nitrogens with one attached hydrogen (secondary N) is 2. The van der Waals surface area contributed by atoms with Crippen LogP contribution in [0.15, 0.2) is 59.4 Å². The Hall–Kier alpha value is -4.60. The Morgan fingerprint density at radius 1 is 1.10 bits per heavy atom. The van der Waals surface area contributed by atoms with Crippen molar-refractivity contribution in [3.8, 4) is 17.1 Å². The van der Waals surface area contributed by atoms with Gasteiger partial charge in [0, 0.05) is 11.6 Å². The number of carboxylic acids is 1. The molecule has 1 aliphatic rings. The van der Waals surface area contributed by atoms with E-state index in [2.05, 4.69) is 15.2 Å². The van der Waals surface area contributed by atoms with Crippen LogP contribution in [0, 0.1) is 0 Å². The topological polar surface area (TPSA) is 147 Å². The maximum Gasteiger partial charge on any atom is 0.307 e. The van der Waals surface area contributed by atoms with Crippen LogP contribution in [-0.2, 0) is 16.0 Å². The Labute approximate surface area is 224 Å². The molecule has 2 aromatic carbocycles. The normalized spacial score (nSPS) is 14.7. The summed E-state index contributed by atoms with van der Waals surface area (Å²) in [5.74, 6) is -1.43. The highest BCUT2D eigenvalue weighted by Gasteiger charge is 2.24. The summed E-state index contributed by atoms with van der Waals surface area (Å²) in [5.41, 5.74) is 3.35. The van der Waals surface area contributed by atoms with E-state index < -0.39 is 23.8 Å². The molecule has 202 valence electrons. The lowest BCUT2D eigenvalue weighted by Gasteiger charge is -2.25. The van der Waals surface area contributed by atoms with E-state index in [4.69, 9.17) is 14.5 Å². The molecule has 4 aromatic rings. The van der Waals surface area contributed by atoms with E-state index in [1.54, 1.807) is 24.7 Å². The molecule has 1 aliphatic carbocycles. The Kier molecular flexibility index (Phi) is 7.36. The number of amides is 2. The second-order valence-electron chi connectivity index (χ2n) is 9.92. The van der Waals surface area contributed by atoms with E-state index >= 15 is 0 Å². The monoisotopic (exact) mass is 530 g/mol. The number of furan rings is 1. The molecule has 1 fully saturated rings. The Morgan fingerprint density at radius 2 is 1.90 bits per heavy atom. The molecule has 2 amide bonds. The molecule has 10 heteroatoms. The summed E-state index contributed by atoms with van der Waals surface area (Å²) in [4.78, 5) is 41.7. The van der Waals surface area contributed by atoms with Gasteiger partial charge in [-0.15, -0.1) is 0 Å². The minimum atomic E-state index is -1.03. The molecule has 2 heterocycles. The van der Waals surface area contributed by atoms with Crippen LogP contribution in [0.3, 0.4) is 0 Å². The van der Waals surface area contributed by atoms with Crippen molar-refractivity contribution in [1.82, 2.24) is 14.9 Å². The lowest BCUT2D eigenvalue weighted by Crippen LogP contribution is -2.41. The predicted octanol–water partition coefficient (Wildman–Crippen LogP) is 4.89. The van der Waals surface area contributed by atoms with Crippen LogP contribution < -0.4 is 10.6 Å². The molecule has 0 aliphatic heterocycles. The zero-order valence-electron chi connectivity index (χ0n) is 21.5. The van der Waals surface area contributed by atoms with Gasteiger partial charge >= 0.3 is 5.97 Å². The largest absolute Gasteiger partial charge is 0.506 e. The average molecular weight is 531 g/mol. The summed E-state index contributed by atoms with van der Waals surface area (Å²) >= 11 is 0. The second-order valence-corrected chi connectivity index (χ2v) is 9.92. The van der Waals surface area contributed by atoms with E-state index in [0.717, 1.165) is 42.6 Å². The first-order valence-corrected chi connectivity index (χ1v) is 13.0. The van der Waals surface area contributed by atoms with Crippen LogP contribution in [0.2, 0.25) is 0 Å². The van der Waals surface area contributed by atoms with Crippen LogP contribution in [0.25, 0.3) is 22.4 Å². The number of carboxylic acid groups (broad SMARTS) is 1. The number of anilines is 1. The number of aromatic nitrogens is 2. The first-order valence-electron chi connectivity index (χ1n) is 13.0. The lowest BCUT2D eigenvalue weighted by molar-refractivity contribution is -0.136. The number of carbonyl (C=O) groups is 3. The maximum atomic E-state index is 13.1. The zero-order valence-corrected chi connectivity index (χ0v) is 21.5. The van der Waals surface area contributed by atoms with Gasteiger partial charge in [-0.2, -0.15) is 0 Å². The second kappa shape index (κ2) is 11.0. The van der Waals surface area contributed by atoms with E-state index in [9.17, 15) is 19.5 Å². The van der Waals surface area contributed by atoms with Crippen molar-refractivity contribution >= 4 is 34.5 Å². The summed E-state index contributed by atoms with van der Waals surface area (Å²) in [6.45, 7) is 1.53. The molecule has 4 N–H and O–H groups in total. The SMILES string of the molecule is CC(NC(=O)c1ccc2c(c1)nc(-c1ccoc1)n2C1CCCCC1)C(=O)Nc1cc(CC(=O)O)ccc1O. The predicted molar refractivity (Wildman–Crippen MR) is 145 cm³/mol. The minimum absolute atomic E-state index is 0.0706. The van der Waals surface area contributed by atoms with Crippen molar-refractivity contribution in [1.29, 1.82) is 0 Å². The molecule has 2 aromatic heterocycles. The zero-order chi connectivity index (χ0) is 27.5. The molecule has 1 saturated carbocycles. The lowest BCUT2D eigenvalue weighted by atomic mass is 9.95. The number of hydrogen-bond donors (Lipinski definition) is 4. The van der Waals surface area contributed by atoms with Crippen LogP contribution in [0.5, 0.6) is 5.75 Å². The highest BCUT2D eigenvalue weighted by molar-refractivity contribution is 6.03. The molecular weight excluding hydrogens is 500 g/mol. The number of phenolic OH excluding ortho intramolecular Hbond substituents is 1. The third-order valence-electron chi connectivity index (χ3n) is 7.09. The van der Waals surface area contributed by atoms with Gasteiger partial charge in [-0.25, -0.2) is 4.98 Å². The van der Waals surface area contributed by atoms with E-state index in [0.29, 0.717) is 22.7 Å². The molecule has 39 heavy (non-hydrogen) atoms. The van der Waals surface area contributed by atoms with Gasteiger partial charge in [0.1, 0.15) is 23.9 Å². The number of fused-ring (bicyclic) bond motifs is 1. The van der Waals surface area contributed by atoms with Gasteiger partial charge < -0.3 is 29.8 Å². The van der Waals surface area contributed by atoms with Crippen LogP contribution in [-0.4, -0.2) is 43.6 Å². The summed E-state index contributed by atoms with van der Waals surface area (Å²) in [6, 6.07) is 10.8. The molecule has 5 rings (SSSR count). The molecule has 0 spiro atoms. The number of nitrogens with zero attached hydrogens (tertiary/aromatic N) is 2. The summed E-state index contributed by atoms with van der Waals surface area (Å²) < 4.78 is 7.56. The highest BCUT2D eigenvalue weighted by atomic mass is 16.4.